The van der Waals surface area contributed by atoms with Gasteiger partial charge in [0.1, 0.15) is 10.7 Å². The second-order valence-corrected chi connectivity index (χ2v) is 9.88. The first-order valence-corrected chi connectivity index (χ1v) is 12.6. The molecule has 10 heteroatoms. The molecule has 0 radical (unpaired) electrons. The Labute approximate surface area is 214 Å². The number of carbonyl (C=O) groups is 2. The number of nitrogens with one attached hydrogen (secondary N) is 2. The van der Waals surface area contributed by atoms with E-state index in [0.29, 0.717) is 5.13 Å². The lowest BCUT2D eigenvalue weighted by molar-refractivity contribution is -0.113. The largest absolute Gasteiger partial charge is 0.382 e. The van der Waals surface area contributed by atoms with Crippen LogP contribution in [0.25, 0.3) is 0 Å². The maximum Gasteiger partial charge on any atom is 0.234 e. The molecule has 0 aliphatic carbocycles. The van der Waals surface area contributed by atoms with E-state index in [4.69, 9.17) is 28.9 Å². The van der Waals surface area contributed by atoms with E-state index < -0.39 is 0 Å². The van der Waals surface area contributed by atoms with Crippen LogP contribution in [0.15, 0.2) is 77.7 Å². The first-order chi connectivity index (χ1) is 16.4. The lowest BCUT2D eigenvalue weighted by Crippen LogP contribution is -2.13. The molecule has 3 aromatic carbocycles. The summed E-state index contributed by atoms with van der Waals surface area (Å²) in [5.74, 6) is -0.118. The van der Waals surface area contributed by atoms with Crippen LogP contribution in [0.5, 0.6) is 0 Å². The summed E-state index contributed by atoms with van der Waals surface area (Å²) < 4.78 is 0. The van der Waals surface area contributed by atoms with E-state index in [1.54, 1.807) is 18.2 Å². The summed E-state index contributed by atoms with van der Waals surface area (Å²) in [6.45, 7) is 0. The summed E-state index contributed by atoms with van der Waals surface area (Å²) >= 11 is 14.9. The van der Waals surface area contributed by atoms with Gasteiger partial charge < -0.3 is 16.4 Å². The van der Waals surface area contributed by atoms with Crippen LogP contribution < -0.4 is 16.4 Å². The molecule has 4 aromatic rings. The predicted molar refractivity (Wildman–Crippen MR) is 142 cm³/mol. The second kappa shape index (κ2) is 10.9. The van der Waals surface area contributed by atoms with Crippen LogP contribution in [0.1, 0.15) is 15.2 Å². The van der Waals surface area contributed by atoms with E-state index in [2.05, 4.69) is 15.6 Å². The summed E-state index contributed by atoms with van der Waals surface area (Å²) in [6, 6.07) is 21.7. The Balaban J connectivity index is 1.42. The fourth-order valence-corrected chi connectivity index (χ4v) is 5.21. The van der Waals surface area contributed by atoms with Gasteiger partial charge in [0.2, 0.25) is 11.7 Å². The Hall–Kier alpha value is -3.04. The molecule has 34 heavy (non-hydrogen) atoms. The van der Waals surface area contributed by atoms with E-state index in [0.717, 1.165) is 27.6 Å². The van der Waals surface area contributed by atoms with E-state index in [1.165, 1.54) is 11.8 Å². The molecule has 0 bridgehead atoms. The molecule has 4 rings (SSSR count). The van der Waals surface area contributed by atoms with Crippen molar-refractivity contribution in [2.45, 2.75) is 4.90 Å². The highest BCUT2D eigenvalue weighted by atomic mass is 35.5. The number of halogens is 2. The number of para-hydroxylation sites is 1. The monoisotopic (exact) mass is 528 g/mol. The van der Waals surface area contributed by atoms with Crippen molar-refractivity contribution in [3.05, 3.63) is 93.3 Å². The molecule has 1 aromatic heterocycles. The van der Waals surface area contributed by atoms with E-state index >= 15 is 0 Å². The van der Waals surface area contributed by atoms with Crippen molar-refractivity contribution in [1.29, 1.82) is 0 Å². The molecule has 0 saturated carbocycles. The van der Waals surface area contributed by atoms with E-state index in [9.17, 15) is 9.59 Å². The van der Waals surface area contributed by atoms with Crippen LogP contribution in [-0.4, -0.2) is 22.4 Å². The number of thiazole rings is 1. The molecule has 1 heterocycles. The smallest absolute Gasteiger partial charge is 0.234 e. The van der Waals surface area contributed by atoms with Crippen LogP contribution in [0.2, 0.25) is 10.0 Å². The molecule has 4 N–H and O–H groups in total. The molecule has 0 aliphatic rings. The van der Waals surface area contributed by atoms with Crippen LogP contribution in [0, 0.1) is 0 Å². The third-order valence-electron chi connectivity index (χ3n) is 4.56. The summed E-state index contributed by atoms with van der Waals surface area (Å²) in [5.41, 5.74) is 7.71. The summed E-state index contributed by atoms with van der Waals surface area (Å²) in [4.78, 5) is 30.6. The van der Waals surface area contributed by atoms with Gasteiger partial charge in [-0.25, -0.2) is 4.98 Å². The third kappa shape index (κ3) is 5.90. The number of aromatic nitrogens is 1. The average molecular weight is 529 g/mol. The Morgan fingerprint density at radius 1 is 0.941 bits per heavy atom. The van der Waals surface area contributed by atoms with Crippen LogP contribution in [0.3, 0.4) is 0 Å². The van der Waals surface area contributed by atoms with Crippen molar-refractivity contribution in [2.24, 2.45) is 0 Å². The number of thioether (sulfide) groups is 1. The summed E-state index contributed by atoms with van der Waals surface area (Å²) in [6.07, 6.45) is 0. The number of carbonyl (C=O) groups excluding carboxylic acids is 2. The molecule has 6 nitrogen and oxygen atoms in total. The summed E-state index contributed by atoms with van der Waals surface area (Å²) in [5, 5.41) is 6.98. The molecule has 0 fully saturated rings. The maximum atomic E-state index is 13.0. The average Bonchev–Trinajstić information content (AvgIpc) is 3.18. The second-order valence-electron chi connectivity index (χ2n) is 7.01. The molecule has 0 saturated heterocycles. The fourth-order valence-electron chi connectivity index (χ4n) is 3.03. The first kappa shape index (κ1) is 24.1. The number of hydrogen-bond acceptors (Lipinski definition) is 7. The lowest BCUT2D eigenvalue weighted by Gasteiger charge is -2.07. The Kier molecular flexibility index (Phi) is 7.74. The van der Waals surface area contributed by atoms with Gasteiger partial charge in [0.05, 0.1) is 21.4 Å². The van der Waals surface area contributed by atoms with Gasteiger partial charge in [-0.2, -0.15) is 0 Å². The quantitative estimate of drug-likeness (QED) is 0.173. The van der Waals surface area contributed by atoms with Crippen molar-refractivity contribution < 1.29 is 9.59 Å². The zero-order valence-corrected chi connectivity index (χ0v) is 20.7. The van der Waals surface area contributed by atoms with Gasteiger partial charge in [-0.3, -0.25) is 9.59 Å². The van der Waals surface area contributed by atoms with Gasteiger partial charge in [0, 0.05) is 16.3 Å². The minimum atomic E-state index is -0.382. The Morgan fingerprint density at radius 3 is 2.35 bits per heavy atom. The number of nitrogens with zero attached hydrogens (tertiary/aromatic N) is 1. The number of rotatable bonds is 8. The summed E-state index contributed by atoms with van der Waals surface area (Å²) in [7, 11) is 0. The number of benzene rings is 3. The zero-order valence-electron chi connectivity index (χ0n) is 17.5. The maximum absolute atomic E-state index is 13.0. The van der Waals surface area contributed by atoms with Crippen molar-refractivity contribution in [3.63, 3.8) is 0 Å². The van der Waals surface area contributed by atoms with Gasteiger partial charge in [-0.1, -0.05) is 64.9 Å². The fraction of sp³-hybridized carbons (Fsp3) is 0.0417. The lowest BCUT2D eigenvalue weighted by atomic mass is 10.1. The topological polar surface area (TPSA) is 97.1 Å². The Morgan fingerprint density at radius 2 is 1.62 bits per heavy atom. The molecular formula is C24H18Cl2N4O2S2. The van der Waals surface area contributed by atoms with E-state index in [1.807, 2.05) is 54.6 Å². The standard InChI is InChI=1S/C24H18Cl2N4O2S2/c25-17-10-5-11-18(26)20(17)21(32)22-23(27)30-24(34-22)29-15-8-4-9-16(12-15)33-13-19(31)28-14-6-2-1-3-7-14/h1-12H,13,27H2,(H,28,31)(H,29,30). The van der Waals surface area contributed by atoms with Crippen molar-refractivity contribution in [3.8, 4) is 0 Å². The number of hydrogen-bond donors (Lipinski definition) is 3. The number of nitrogen functional groups attached to an aromatic ring is 1. The van der Waals surface area contributed by atoms with Crippen LogP contribution in [0.4, 0.5) is 22.3 Å². The Bertz CT molecular complexity index is 1330. The van der Waals surface area contributed by atoms with Gasteiger partial charge in [-0.05, 0) is 42.5 Å². The number of ketones is 1. The highest BCUT2D eigenvalue weighted by Gasteiger charge is 2.22. The number of amides is 1. The van der Waals surface area contributed by atoms with Crippen LogP contribution in [-0.2, 0) is 4.79 Å². The van der Waals surface area contributed by atoms with Crippen molar-refractivity contribution in [2.75, 3.05) is 22.1 Å². The first-order valence-electron chi connectivity index (χ1n) is 10.0. The van der Waals surface area contributed by atoms with Crippen molar-refractivity contribution in [1.82, 2.24) is 4.98 Å². The molecule has 1 amide bonds. The normalized spacial score (nSPS) is 10.6. The highest BCUT2D eigenvalue weighted by Crippen LogP contribution is 2.34. The SMILES string of the molecule is Nc1nc(Nc2cccc(SCC(=O)Nc3ccccc3)c2)sc1C(=O)c1c(Cl)cccc1Cl. The van der Waals surface area contributed by atoms with Gasteiger partial charge >= 0.3 is 0 Å². The highest BCUT2D eigenvalue weighted by molar-refractivity contribution is 8.00. The van der Waals surface area contributed by atoms with Gasteiger partial charge in [0.15, 0.2) is 5.13 Å². The third-order valence-corrected chi connectivity index (χ3v) is 7.17. The minimum absolute atomic E-state index is 0.0938. The molecule has 0 atom stereocenters. The molecule has 0 unspecified atom stereocenters. The van der Waals surface area contributed by atoms with Crippen molar-refractivity contribution >= 4 is 80.3 Å². The molecule has 0 spiro atoms. The number of nitrogens with two attached hydrogens (primary N) is 1. The van der Waals surface area contributed by atoms with Gasteiger partial charge in [0.25, 0.3) is 0 Å². The number of anilines is 4. The molecule has 0 aliphatic heterocycles. The van der Waals surface area contributed by atoms with E-state index in [-0.39, 0.29) is 43.7 Å². The predicted octanol–water partition coefficient (Wildman–Crippen LogP) is 6.74. The molecule has 172 valence electrons. The van der Waals surface area contributed by atoms with Crippen LogP contribution >= 0.6 is 46.3 Å². The zero-order chi connectivity index (χ0) is 24.1. The molecular weight excluding hydrogens is 511 g/mol. The van der Waals surface area contributed by atoms with Gasteiger partial charge in [-0.15, -0.1) is 11.8 Å². The minimum Gasteiger partial charge on any atom is -0.382 e.